The molecule has 0 bridgehead atoms. The van der Waals surface area contributed by atoms with Crippen molar-refractivity contribution in [3.8, 4) is 17.0 Å². The van der Waals surface area contributed by atoms with Crippen LogP contribution in [0.1, 0.15) is 41.8 Å². The van der Waals surface area contributed by atoms with Gasteiger partial charge in [0, 0.05) is 42.7 Å². The highest BCUT2D eigenvalue weighted by Crippen LogP contribution is 2.35. The first-order chi connectivity index (χ1) is 17.9. The second-order valence-electron chi connectivity index (χ2n) is 9.73. The Morgan fingerprint density at radius 3 is 2.54 bits per heavy atom. The number of ether oxygens (including phenoxy) is 1. The first-order valence-corrected chi connectivity index (χ1v) is 12.6. The second-order valence-corrected chi connectivity index (χ2v) is 9.73. The predicted molar refractivity (Wildman–Crippen MR) is 140 cm³/mol. The summed E-state index contributed by atoms with van der Waals surface area (Å²) < 4.78 is 6.16. The summed E-state index contributed by atoms with van der Waals surface area (Å²) in [6.45, 7) is 4.30. The van der Waals surface area contributed by atoms with E-state index in [4.69, 9.17) is 10.5 Å². The van der Waals surface area contributed by atoms with Crippen molar-refractivity contribution in [3.05, 3.63) is 65.7 Å². The van der Waals surface area contributed by atoms with Crippen LogP contribution in [0.2, 0.25) is 0 Å². The van der Waals surface area contributed by atoms with Gasteiger partial charge in [0.2, 0.25) is 0 Å². The number of rotatable bonds is 5. The quantitative estimate of drug-likeness (QED) is 0.510. The maximum Gasteiger partial charge on any atom is 0.253 e. The molecular weight excluding hydrogens is 470 g/mol. The van der Waals surface area contributed by atoms with Gasteiger partial charge in [-0.3, -0.25) is 4.79 Å². The van der Waals surface area contributed by atoms with Gasteiger partial charge in [0.1, 0.15) is 18.1 Å². The van der Waals surface area contributed by atoms with Crippen molar-refractivity contribution in [1.82, 2.24) is 15.1 Å². The Hall–Kier alpha value is -3.98. The number of aldehydes is 1. The van der Waals surface area contributed by atoms with Gasteiger partial charge in [-0.15, -0.1) is 10.2 Å². The standard InChI is InChI=1S/C28H31N5O4/c1-18-17-37-26(20-6-8-21(9-7-20)28(36)32-12-10-19(16-34)11-13-32)15-33(18)24-14-23(30-31-27(24)29)22-4-2-3-5-25(22)35/h2-9,14,16,18-19,26,35H,10-13,15,17H2,1H3,(H2,29,31)/t18-,26+/m1/s1. The second kappa shape index (κ2) is 10.6. The SMILES string of the molecule is C[C@@H]1CO[C@H](c2ccc(C(=O)N3CCC(C=O)CC3)cc2)CN1c1cc(-c2ccccc2O)nnc1N. The van der Waals surface area contributed by atoms with Gasteiger partial charge in [-0.05, 0) is 55.7 Å². The molecule has 3 heterocycles. The van der Waals surface area contributed by atoms with E-state index in [1.807, 2.05) is 41.3 Å². The molecule has 2 atom stereocenters. The molecule has 2 aliphatic rings. The molecule has 0 unspecified atom stereocenters. The number of anilines is 2. The van der Waals surface area contributed by atoms with E-state index < -0.39 is 0 Å². The van der Waals surface area contributed by atoms with E-state index in [1.165, 1.54) is 0 Å². The summed E-state index contributed by atoms with van der Waals surface area (Å²) >= 11 is 0. The molecule has 2 saturated heterocycles. The summed E-state index contributed by atoms with van der Waals surface area (Å²) in [4.78, 5) is 27.9. The zero-order chi connectivity index (χ0) is 25.9. The number of hydrogen-bond donors (Lipinski definition) is 2. The fraction of sp³-hybridized carbons (Fsp3) is 0.357. The highest BCUT2D eigenvalue weighted by atomic mass is 16.5. The number of nitrogens with zero attached hydrogens (tertiary/aromatic N) is 4. The number of aromatic nitrogens is 2. The fourth-order valence-electron chi connectivity index (χ4n) is 5.00. The van der Waals surface area contributed by atoms with Gasteiger partial charge in [0.15, 0.2) is 5.82 Å². The molecule has 0 spiro atoms. The van der Waals surface area contributed by atoms with Gasteiger partial charge < -0.3 is 30.2 Å². The Bertz CT molecular complexity index is 1270. The van der Waals surface area contributed by atoms with Crippen LogP contribution in [0.4, 0.5) is 11.5 Å². The molecule has 9 heteroatoms. The first kappa shape index (κ1) is 24.7. The van der Waals surface area contributed by atoms with Crippen molar-refractivity contribution in [1.29, 1.82) is 0 Å². The number of benzene rings is 2. The number of morpholine rings is 1. The molecule has 3 N–H and O–H groups in total. The number of phenolic OH excluding ortho intramolecular Hbond substituents is 1. The summed E-state index contributed by atoms with van der Waals surface area (Å²) in [5, 5.41) is 18.6. The molecule has 9 nitrogen and oxygen atoms in total. The van der Waals surface area contributed by atoms with Crippen molar-refractivity contribution in [2.45, 2.75) is 31.9 Å². The molecule has 3 aromatic rings. The lowest BCUT2D eigenvalue weighted by atomic mass is 9.97. The highest BCUT2D eigenvalue weighted by Gasteiger charge is 2.30. The average molecular weight is 502 g/mol. The maximum atomic E-state index is 12.9. The van der Waals surface area contributed by atoms with Crippen LogP contribution in [0.3, 0.4) is 0 Å². The molecule has 1 aromatic heterocycles. The van der Waals surface area contributed by atoms with Crippen LogP contribution in [0.15, 0.2) is 54.6 Å². The summed E-state index contributed by atoms with van der Waals surface area (Å²) in [5.41, 5.74) is 9.70. The summed E-state index contributed by atoms with van der Waals surface area (Å²) in [5.74, 6) is 0.483. The number of hydrogen-bond acceptors (Lipinski definition) is 8. The highest BCUT2D eigenvalue weighted by molar-refractivity contribution is 5.94. The Labute approximate surface area is 215 Å². The van der Waals surface area contributed by atoms with E-state index >= 15 is 0 Å². The number of piperidine rings is 1. The minimum atomic E-state index is -0.218. The number of amides is 1. The minimum absolute atomic E-state index is 0.0111. The van der Waals surface area contributed by atoms with E-state index in [2.05, 4.69) is 22.0 Å². The Kier molecular flexibility index (Phi) is 7.05. The van der Waals surface area contributed by atoms with Crippen molar-refractivity contribution >= 4 is 23.7 Å². The number of carbonyl (C=O) groups excluding carboxylic acids is 2. The van der Waals surface area contributed by atoms with Gasteiger partial charge >= 0.3 is 0 Å². The van der Waals surface area contributed by atoms with Crippen LogP contribution < -0.4 is 10.6 Å². The average Bonchev–Trinajstić information content (AvgIpc) is 2.94. The number of phenols is 1. The third kappa shape index (κ3) is 5.13. The molecule has 5 rings (SSSR count). The molecule has 0 radical (unpaired) electrons. The zero-order valence-corrected chi connectivity index (χ0v) is 20.8. The molecule has 0 aliphatic carbocycles. The lowest BCUT2D eigenvalue weighted by molar-refractivity contribution is -0.112. The Balaban J connectivity index is 1.32. The van der Waals surface area contributed by atoms with Crippen molar-refractivity contribution in [2.75, 3.05) is 36.9 Å². The lowest BCUT2D eigenvalue weighted by Gasteiger charge is -2.40. The molecule has 2 aromatic carbocycles. The molecule has 2 aliphatic heterocycles. The summed E-state index contributed by atoms with van der Waals surface area (Å²) in [7, 11) is 0. The maximum absolute atomic E-state index is 12.9. The van der Waals surface area contributed by atoms with Crippen LogP contribution in [0.25, 0.3) is 11.3 Å². The van der Waals surface area contributed by atoms with Gasteiger partial charge in [0.25, 0.3) is 5.91 Å². The van der Waals surface area contributed by atoms with E-state index in [0.717, 1.165) is 30.4 Å². The number of aromatic hydroxyl groups is 1. The third-order valence-electron chi connectivity index (χ3n) is 7.27. The topological polar surface area (TPSA) is 122 Å². The molecule has 192 valence electrons. The van der Waals surface area contributed by atoms with Crippen molar-refractivity contribution < 1.29 is 19.4 Å². The normalized spacial score (nSPS) is 20.6. The number of nitrogen functional groups attached to an aromatic ring is 1. The number of carbonyl (C=O) groups is 2. The third-order valence-corrected chi connectivity index (χ3v) is 7.27. The number of likely N-dealkylation sites (tertiary alicyclic amines) is 1. The molecule has 2 fully saturated rings. The number of nitrogens with two attached hydrogens (primary N) is 1. The fourth-order valence-corrected chi connectivity index (χ4v) is 5.00. The van der Waals surface area contributed by atoms with E-state index in [9.17, 15) is 14.7 Å². The van der Waals surface area contributed by atoms with E-state index in [0.29, 0.717) is 48.9 Å². The smallest absolute Gasteiger partial charge is 0.253 e. The van der Waals surface area contributed by atoms with Crippen LogP contribution in [0.5, 0.6) is 5.75 Å². The summed E-state index contributed by atoms with van der Waals surface area (Å²) in [6.07, 6.45) is 2.21. The van der Waals surface area contributed by atoms with E-state index in [1.54, 1.807) is 18.2 Å². The monoisotopic (exact) mass is 501 g/mol. The van der Waals surface area contributed by atoms with Crippen molar-refractivity contribution in [3.63, 3.8) is 0 Å². The predicted octanol–water partition coefficient (Wildman–Crippen LogP) is 3.45. The number of para-hydroxylation sites is 1. The van der Waals surface area contributed by atoms with Gasteiger partial charge in [0.05, 0.1) is 18.0 Å². The van der Waals surface area contributed by atoms with Gasteiger partial charge in [-0.2, -0.15) is 0 Å². The van der Waals surface area contributed by atoms with Crippen LogP contribution in [-0.2, 0) is 9.53 Å². The van der Waals surface area contributed by atoms with Gasteiger partial charge in [-0.1, -0.05) is 24.3 Å². The van der Waals surface area contributed by atoms with Gasteiger partial charge in [-0.25, -0.2) is 0 Å². The van der Waals surface area contributed by atoms with Crippen LogP contribution >= 0.6 is 0 Å². The largest absolute Gasteiger partial charge is 0.507 e. The first-order valence-electron chi connectivity index (χ1n) is 12.6. The van der Waals surface area contributed by atoms with Crippen LogP contribution in [-0.4, -0.2) is 64.7 Å². The minimum Gasteiger partial charge on any atom is -0.507 e. The summed E-state index contributed by atoms with van der Waals surface area (Å²) in [6, 6.07) is 16.5. The Morgan fingerprint density at radius 1 is 1.11 bits per heavy atom. The molecule has 37 heavy (non-hydrogen) atoms. The molecule has 1 amide bonds. The van der Waals surface area contributed by atoms with Crippen molar-refractivity contribution in [2.24, 2.45) is 5.92 Å². The van der Waals surface area contributed by atoms with E-state index in [-0.39, 0.29) is 29.7 Å². The molecular formula is C28H31N5O4. The lowest BCUT2D eigenvalue weighted by Crippen LogP contribution is -2.45. The Morgan fingerprint density at radius 2 is 1.84 bits per heavy atom. The molecule has 0 saturated carbocycles. The zero-order valence-electron chi connectivity index (χ0n) is 20.8. The van der Waals surface area contributed by atoms with Crippen LogP contribution in [0, 0.1) is 5.92 Å².